The molecule has 0 radical (unpaired) electrons. The Labute approximate surface area is 118 Å². The molecule has 0 saturated heterocycles. The van der Waals surface area contributed by atoms with Gasteiger partial charge in [0, 0.05) is 0 Å². The molecule has 2 rings (SSSR count). The predicted molar refractivity (Wildman–Crippen MR) is 76.4 cm³/mol. The highest BCUT2D eigenvalue weighted by atomic mass is 16.3. The maximum Gasteiger partial charge on any atom is 0.115 e. The Balaban J connectivity index is 0.000000272. The molecule has 0 atom stereocenters. The Bertz CT molecular complexity index is 377. The van der Waals surface area contributed by atoms with Crippen LogP contribution in [-0.2, 0) is 0 Å². The van der Waals surface area contributed by atoms with E-state index in [4.69, 9.17) is 25.5 Å². The van der Waals surface area contributed by atoms with Crippen LogP contribution in [0.4, 0.5) is 0 Å². The van der Waals surface area contributed by atoms with E-state index in [1.807, 2.05) is 12.1 Å². The van der Waals surface area contributed by atoms with Gasteiger partial charge in [-0.2, -0.15) is 0 Å². The van der Waals surface area contributed by atoms with Crippen molar-refractivity contribution in [3.8, 4) is 11.5 Å². The molecule has 0 bridgehead atoms. The van der Waals surface area contributed by atoms with Crippen LogP contribution < -0.4 is 0 Å². The third kappa shape index (κ3) is 11.0. The van der Waals surface area contributed by atoms with Gasteiger partial charge in [0.15, 0.2) is 0 Å². The molecule has 2 aromatic rings. The Morgan fingerprint density at radius 3 is 1.05 bits per heavy atom. The minimum atomic E-state index is -0.954. The maximum atomic E-state index is 8.63. The zero-order valence-corrected chi connectivity index (χ0v) is 11.0. The normalized spacial score (nSPS) is 9.00. The number of rotatable bonds is 2. The van der Waals surface area contributed by atoms with Crippen LogP contribution in [0.25, 0.3) is 0 Å². The largest absolute Gasteiger partial charge is 0.508 e. The van der Waals surface area contributed by atoms with E-state index in [0.717, 1.165) is 0 Å². The average molecular weight is 280 g/mol. The van der Waals surface area contributed by atoms with E-state index >= 15 is 0 Å². The summed E-state index contributed by atoms with van der Waals surface area (Å²) < 4.78 is 0. The Morgan fingerprint density at radius 1 is 0.650 bits per heavy atom. The van der Waals surface area contributed by atoms with Gasteiger partial charge in [0.25, 0.3) is 0 Å². The molecule has 5 heteroatoms. The van der Waals surface area contributed by atoms with Crippen molar-refractivity contribution < 1.29 is 25.5 Å². The summed E-state index contributed by atoms with van der Waals surface area (Å²) in [7, 11) is 0. The van der Waals surface area contributed by atoms with Gasteiger partial charge in [-0.25, -0.2) is 0 Å². The van der Waals surface area contributed by atoms with E-state index in [1.54, 1.807) is 48.5 Å². The van der Waals surface area contributed by atoms with Crippen LogP contribution in [0.1, 0.15) is 0 Å². The van der Waals surface area contributed by atoms with Gasteiger partial charge in [0.2, 0.25) is 0 Å². The van der Waals surface area contributed by atoms with E-state index in [0.29, 0.717) is 11.5 Å². The molecular weight excluding hydrogens is 260 g/mol. The highest BCUT2D eigenvalue weighted by molar-refractivity contribution is 5.19. The van der Waals surface area contributed by atoms with E-state index in [1.165, 1.54) is 0 Å². The Kier molecular flexibility index (Phi) is 10.7. The zero-order chi connectivity index (χ0) is 15.2. The molecule has 0 unspecified atom stereocenters. The lowest BCUT2D eigenvalue weighted by Crippen LogP contribution is -2.15. The summed E-state index contributed by atoms with van der Waals surface area (Å²) >= 11 is 0. The lowest BCUT2D eigenvalue weighted by Gasteiger charge is -1.96. The van der Waals surface area contributed by atoms with E-state index in [9.17, 15) is 0 Å². The molecule has 0 aliphatic carbocycles. The first-order chi connectivity index (χ1) is 9.60. The fourth-order valence-corrected chi connectivity index (χ4v) is 0.914. The summed E-state index contributed by atoms with van der Waals surface area (Å²) in [6.07, 6.45) is -0.954. The second-order valence-electron chi connectivity index (χ2n) is 3.69. The Morgan fingerprint density at radius 2 is 0.950 bits per heavy atom. The van der Waals surface area contributed by atoms with Crippen molar-refractivity contribution in [3.63, 3.8) is 0 Å². The van der Waals surface area contributed by atoms with E-state index < -0.39 is 6.10 Å². The lowest BCUT2D eigenvalue weighted by molar-refractivity contribution is 0.0450. The van der Waals surface area contributed by atoms with Crippen molar-refractivity contribution in [1.29, 1.82) is 0 Å². The molecule has 0 spiro atoms. The lowest BCUT2D eigenvalue weighted by atomic mass is 10.3. The first kappa shape index (κ1) is 17.9. The van der Waals surface area contributed by atoms with Gasteiger partial charge in [-0.3, -0.25) is 0 Å². The molecule has 0 saturated carbocycles. The fraction of sp³-hybridized carbons (Fsp3) is 0.200. The number of aliphatic hydroxyl groups is 3. The van der Waals surface area contributed by atoms with Gasteiger partial charge in [-0.15, -0.1) is 0 Å². The quantitative estimate of drug-likeness (QED) is 0.567. The smallest absolute Gasteiger partial charge is 0.115 e. The minimum absolute atomic E-state index is 0.322. The summed E-state index contributed by atoms with van der Waals surface area (Å²) in [6, 6.07) is 17.4. The average Bonchev–Trinajstić information content (AvgIpc) is 2.49. The highest BCUT2D eigenvalue weighted by Crippen LogP contribution is 2.03. The molecule has 0 heterocycles. The number of aromatic hydroxyl groups is 2. The first-order valence-electron chi connectivity index (χ1n) is 5.98. The summed E-state index contributed by atoms with van der Waals surface area (Å²) in [5.41, 5.74) is 0. The van der Waals surface area contributed by atoms with Gasteiger partial charge in [0.1, 0.15) is 17.6 Å². The van der Waals surface area contributed by atoms with Gasteiger partial charge < -0.3 is 25.5 Å². The number of para-hydroxylation sites is 2. The van der Waals surface area contributed by atoms with Crippen molar-refractivity contribution in [2.45, 2.75) is 6.10 Å². The molecule has 0 amide bonds. The number of phenols is 2. The number of hydrogen-bond donors (Lipinski definition) is 5. The van der Waals surface area contributed by atoms with Crippen LogP contribution in [0.15, 0.2) is 60.7 Å². The van der Waals surface area contributed by atoms with Gasteiger partial charge in [0.05, 0.1) is 13.2 Å². The van der Waals surface area contributed by atoms with Crippen molar-refractivity contribution in [3.05, 3.63) is 60.7 Å². The Hall–Kier alpha value is -2.08. The van der Waals surface area contributed by atoms with Crippen molar-refractivity contribution >= 4 is 0 Å². The van der Waals surface area contributed by atoms with Gasteiger partial charge >= 0.3 is 0 Å². The predicted octanol–water partition coefficient (Wildman–Crippen LogP) is 1.12. The van der Waals surface area contributed by atoms with Crippen LogP contribution in [0.2, 0.25) is 0 Å². The molecule has 2 aromatic carbocycles. The summed E-state index contributed by atoms with van der Waals surface area (Å²) in [4.78, 5) is 0. The maximum absolute atomic E-state index is 8.63. The number of aliphatic hydroxyl groups excluding tert-OH is 3. The topological polar surface area (TPSA) is 101 Å². The molecule has 0 aliphatic rings. The molecular formula is C15H20O5. The monoisotopic (exact) mass is 280 g/mol. The molecule has 0 fully saturated rings. The SMILES string of the molecule is OCC(O)CO.Oc1ccccc1.Oc1ccccc1. The van der Waals surface area contributed by atoms with Crippen molar-refractivity contribution in [1.82, 2.24) is 0 Å². The first-order valence-corrected chi connectivity index (χ1v) is 5.98. The minimum Gasteiger partial charge on any atom is -0.508 e. The third-order valence-corrected chi connectivity index (χ3v) is 1.93. The second-order valence-corrected chi connectivity index (χ2v) is 3.69. The molecule has 0 aromatic heterocycles. The summed E-state index contributed by atoms with van der Waals surface area (Å²) in [5, 5.41) is 41.3. The van der Waals surface area contributed by atoms with Crippen LogP contribution in [0.5, 0.6) is 11.5 Å². The number of benzene rings is 2. The van der Waals surface area contributed by atoms with Gasteiger partial charge in [-0.05, 0) is 24.3 Å². The number of hydrogen-bond acceptors (Lipinski definition) is 5. The second kappa shape index (κ2) is 12.0. The fourth-order valence-electron chi connectivity index (χ4n) is 0.914. The number of phenolic OH excluding ortho intramolecular Hbond substituents is 2. The van der Waals surface area contributed by atoms with Crippen LogP contribution in [0, 0.1) is 0 Å². The zero-order valence-electron chi connectivity index (χ0n) is 11.0. The molecule has 20 heavy (non-hydrogen) atoms. The summed E-state index contributed by atoms with van der Waals surface area (Å²) in [6.45, 7) is -0.729. The highest BCUT2D eigenvalue weighted by Gasteiger charge is 1.93. The van der Waals surface area contributed by atoms with E-state index in [2.05, 4.69) is 0 Å². The standard InChI is InChI=1S/2C6H6O.C3H8O3/c2*7-6-4-2-1-3-5-6;4-1-3(6)2-5/h2*1-5,7H;3-6H,1-2H2. The van der Waals surface area contributed by atoms with Crippen molar-refractivity contribution in [2.24, 2.45) is 0 Å². The van der Waals surface area contributed by atoms with Gasteiger partial charge in [-0.1, -0.05) is 36.4 Å². The molecule has 0 aliphatic heterocycles. The molecule has 5 N–H and O–H groups in total. The molecule has 5 nitrogen and oxygen atoms in total. The van der Waals surface area contributed by atoms with Crippen LogP contribution in [0.3, 0.4) is 0 Å². The van der Waals surface area contributed by atoms with Crippen LogP contribution >= 0.6 is 0 Å². The summed E-state index contributed by atoms with van der Waals surface area (Å²) in [5.74, 6) is 0.644. The van der Waals surface area contributed by atoms with Crippen LogP contribution in [-0.4, -0.2) is 44.9 Å². The molecule has 110 valence electrons. The van der Waals surface area contributed by atoms with E-state index in [-0.39, 0.29) is 13.2 Å². The third-order valence-electron chi connectivity index (χ3n) is 1.93. The van der Waals surface area contributed by atoms with Crippen molar-refractivity contribution in [2.75, 3.05) is 13.2 Å².